The number of nitrogens with zero attached hydrogens (tertiary/aromatic N) is 2. The maximum Gasteiger partial charge on any atom is 0.222 e. The first-order valence-electron chi connectivity index (χ1n) is 7.37. The van der Waals surface area contributed by atoms with Crippen LogP contribution >= 0.6 is 0 Å². The minimum atomic E-state index is 0.337. The minimum absolute atomic E-state index is 0.337. The van der Waals surface area contributed by atoms with Crippen LogP contribution in [0.1, 0.15) is 32.6 Å². The standard InChI is InChI=1S/C14H26N2O2/c1-2-5-15-6-3-7-16(9-8-15)14(17)11-13-4-10-18-12-13/h13H,2-12H2,1H3. The molecule has 1 amide bonds. The van der Waals surface area contributed by atoms with Crippen molar-refractivity contribution in [2.24, 2.45) is 5.92 Å². The molecule has 0 bridgehead atoms. The van der Waals surface area contributed by atoms with Crippen LogP contribution in [0.4, 0.5) is 0 Å². The Hall–Kier alpha value is -0.610. The normalized spacial score (nSPS) is 26.3. The summed E-state index contributed by atoms with van der Waals surface area (Å²) < 4.78 is 5.34. The molecule has 1 unspecified atom stereocenters. The van der Waals surface area contributed by atoms with Crippen molar-refractivity contribution in [1.82, 2.24) is 9.80 Å². The largest absolute Gasteiger partial charge is 0.381 e. The fourth-order valence-corrected chi connectivity index (χ4v) is 2.88. The third kappa shape index (κ3) is 3.95. The van der Waals surface area contributed by atoms with Gasteiger partial charge < -0.3 is 14.5 Å². The average Bonchev–Trinajstić information content (AvgIpc) is 2.74. The van der Waals surface area contributed by atoms with Crippen molar-refractivity contribution in [3.8, 4) is 0 Å². The number of hydrogen-bond acceptors (Lipinski definition) is 3. The Bertz CT molecular complexity index is 265. The van der Waals surface area contributed by atoms with Gasteiger partial charge in [-0.2, -0.15) is 0 Å². The molecule has 0 aliphatic carbocycles. The van der Waals surface area contributed by atoms with E-state index in [1.165, 1.54) is 13.0 Å². The van der Waals surface area contributed by atoms with Gasteiger partial charge in [0, 0.05) is 39.3 Å². The fraction of sp³-hybridized carbons (Fsp3) is 0.929. The lowest BCUT2D eigenvalue weighted by Gasteiger charge is -2.22. The molecule has 2 aliphatic heterocycles. The number of rotatable bonds is 4. The lowest BCUT2D eigenvalue weighted by molar-refractivity contribution is -0.132. The van der Waals surface area contributed by atoms with Crippen LogP contribution in [0, 0.1) is 5.92 Å². The van der Waals surface area contributed by atoms with Crippen molar-refractivity contribution < 1.29 is 9.53 Å². The Morgan fingerprint density at radius 1 is 1.28 bits per heavy atom. The topological polar surface area (TPSA) is 32.8 Å². The maximum atomic E-state index is 12.2. The number of carbonyl (C=O) groups excluding carboxylic acids is 1. The summed E-state index contributed by atoms with van der Waals surface area (Å²) in [5.41, 5.74) is 0. The summed E-state index contributed by atoms with van der Waals surface area (Å²) in [5, 5.41) is 0. The summed E-state index contributed by atoms with van der Waals surface area (Å²) in [7, 11) is 0. The molecule has 18 heavy (non-hydrogen) atoms. The van der Waals surface area contributed by atoms with Crippen LogP contribution in [0.15, 0.2) is 0 Å². The van der Waals surface area contributed by atoms with Crippen molar-refractivity contribution in [2.75, 3.05) is 45.9 Å². The number of amides is 1. The molecule has 0 saturated carbocycles. The van der Waals surface area contributed by atoms with Crippen LogP contribution in [0.25, 0.3) is 0 Å². The van der Waals surface area contributed by atoms with E-state index < -0.39 is 0 Å². The molecule has 4 nitrogen and oxygen atoms in total. The molecule has 1 atom stereocenters. The van der Waals surface area contributed by atoms with Gasteiger partial charge in [0.05, 0.1) is 0 Å². The zero-order chi connectivity index (χ0) is 12.8. The molecule has 2 rings (SSSR count). The van der Waals surface area contributed by atoms with E-state index in [0.717, 1.165) is 52.2 Å². The maximum absolute atomic E-state index is 12.2. The van der Waals surface area contributed by atoms with E-state index in [1.54, 1.807) is 0 Å². The van der Waals surface area contributed by atoms with Crippen LogP contribution in [0.2, 0.25) is 0 Å². The monoisotopic (exact) mass is 254 g/mol. The van der Waals surface area contributed by atoms with Crippen molar-refractivity contribution in [3.63, 3.8) is 0 Å². The lowest BCUT2D eigenvalue weighted by atomic mass is 10.0. The highest BCUT2D eigenvalue weighted by Gasteiger charge is 2.24. The van der Waals surface area contributed by atoms with Gasteiger partial charge in [0.15, 0.2) is 0 Å². The van der Waals surface area contributed by atoms with Gasteiger partial charge in [0.2, 0.25) is 5.91 Å². The third-order valence-electron chi connectivity index (χ3n) is 3.97. The Morgan fingerprint density at radius 3 is 2.89 bits per heavy atom. The molecule has 0 N–H and O–H groups in total. The molecular weight excluding hydrogens is 228 g/mol. The second-order valence-corrected chi connectivity index (χ2v) is 5.51. The van der Waals surface area contributed by atoms with Gasteiger partial charge in [-0.25, -0.2) is 0 Å². The molecule has 2 fully saturated rings. The van der Waals surface area contributed by atoms with Crippen molar-refractivity contribution in [3.05, 3.63) is 0 Å². The highest BCUT2D eigenvalue weighted by atomic mass is 16.5. The van der Waals surface area contributed by atoms with Crippen LogP contribution in [-0.4, -0.2) is 61.6 Å². The van der Waals surface area contributed by atoms with Gasteiger partial charge >= 0.3 is 0 Å². The van der Waals surface area contributed by atoms with Gasteiger partial charge in [-0.3, -0.25) is 4.79 Å². The van der Waals surface area contributed by atoms with Gasteiger partial charge in [0.1, 0.15) is 0 Å². The number of hydrogen-bond donors (Lipinski definition) is 0. The Kier molecular flexibility index (Phi) is 5.45. The van der Waals surface area contributed by atoms with Gasteiger partial charge in [-0.1, -0.05) is 6.92 Å². The molecule has 0 aromatic carbocycles. The summed E-state index contributed by atoms with van der Waals surface area (Å²) >= 11 is 0. The quantitative estimate of drug-likeness (QED) is 0.759. The fourth-order valence-electron chi connectivity index (χ4n) is 2.88. The van der Waals surface area contributed by atoms with Crippen molar-refractivity contribution in [1.29, 1.82) is 0 Å². The molecule has 4 heteroatoms. The van der Waals surface area contributed by atoms with Gasteiger partial charge in [0.25, 0.3) is 0 Å². The van der Waals surface area contributed by atoms with Crippen molar-refractivity contribution >= 4 is 5.91 Å². The smallest absolute Gasteiger partial charge is 0.222 e. The summed E-state index contributed by atoms with van der Waals surface area (Å²) in [6.45, 7) is 9.03. The Balaban J connectivity index is 1.76. The first-order chi connectivity index (χ1) is 8.79. The van der Waals surface area contributed by atoms with Gasteiger partial charge in [-0.15, -0.1) is 0 Å². The molecule has 0 aromatic heterocycles. The molecule has 104 valence electrons. The zero-order valence-electron chi connectivity index (χ0n) is 11.6. The number of carbonyl (C=O) groups is 1. The first-order valence-corrected chi connectivity index (χ1v) is 7.37. The highest BCUT2D eigenvalue weighted by molar-refractivity contribution is 5.76. The summed E-state index contributed by atoms with van der Waals surface area (Å²) in [4.78, 5) is 16.8. The van der Waals surface area contributed by atoms with E-state index in [0.29, 0.717) is 18.2 Å². The van der Waals surface area contributed by atoms with E-state index in [9.17, 15) is 4.79 Å². The van der Waals surface area contributed by atoms with E-state index in [4.69, 9.17) is 4.74 Å². The molecule has 2 aliphatic rings. The molecule has 0 radical (unpaired) electrons. The van der Waals surface area contributed by atoms with Crippen molar-refractivity contribution in [2.45, 2.75) is 32.6 Å². The lowest BCUT2D eigenvalue weighted by Crippen LogP contribution is -2.36. The Morgan fingerprint density at radius 2 is 2.17 bits per heavy atom. The third-order valence-corrected chi connectivity index (χ3v) is 3.97. The van der Waals surface area contributed by atoms with E-state index in [-0.39, 0.29) is 0 Å². The minimum Gasteiger partial charge on any atom is -0.381 e. The number of ether oxygens (including phenoxy) is 1. The summed E-state index contributed by atoms with van der Waals surface area (Å²) in [6, 6.07) is 0. The zero-order valence-corrected chi connectivity index (χ0v) is 11.6. The van der Waals surface area contributed by atoms with Crippen LogP contribution in [0.5, 0.6) is 0 Å². The Labute approximate surface area is 110 Å². The molecule has 0 spiro atoms. The molecule has 2 saturated heterocycles. The predicted molar refractivity (Wildman–Crippen MR) is 71.5 cm³/mol. The highest BCUT2D eigenvalue weighted by Crippen LogP contribution is 2.18. The summed E-state index contributed by atoms with van der Waals surface area (Å²) in [5.74, 6) is 0.802. The second kappa shape index (κ2) is 7.10. The van der Waals surface area contributed by atoms with E-state index in [2.05, 4.69) is 16.7 Å². The SMILES string of the molecule is CCCN1CCCN(C(=O)CC2CCOC2)CC1. The average molecular weight is 254 g/mol. The van der Waals surface area contributed by atoms with E-state index >= 15 is 0 Å². The molecular formula is C14H26N2O2. The summed E-state index contributed by atoms with van der Waals surface area (Å²) in [6.07, 6.45) is 4.07. The van der Waals surface area contributed by atoms with Crippen LogP contribution in [-0.2, 0) is 9.53 Å². The molecule has 2 heterocycles. The van der Waals surface area contributed by atoms with Gasteiger partial charge in [-0.05, 0) is 38.3 Å². The van der Waals surface area contributed by atoms with Crippen LogP contribution in [0.3, 0.4) is 0 Å². The molecule has 0 aromatic rings. The second-order valence-electron chi connectivity index (χ2n) is 5.51. The van der Waals surface area contributed by atoms with Crippen LogP contribution < -0.4 is 0 Å². The first kappa shape index (κ1) is 13.8. The van der Waals surface area contributed by atoms with E-state index in [1.807, 2.05) is 0 Å². The predicted octanol–water partition coefficient (Wildman–Crippen LogP) is 1.36.